The lowest BCUT2D eigenvalue weighted by atomic mass is 10.2. The molecule has 0 bridgehead atoms. The number of hydrazine groups is 1. The van der Waals surface area contributed by atoms with Gasteiger partial charge in [0.2, 0.25) is 5.91 Å². The first-order chi connectivity index (χ1) is 5.13. The fraction of sp³-hybridized carbons (Fsp3) is 0.625. The van der Waals surface area contributed by atoms with Gasteiger partial charge >= 0.3 is 0 Å². The van der Waals surface area contributed by atoms with Crippen LogP contribution in [0, 0.1) is 0 Å². The molecule has 1 saturated heterocycles. The number of hydrogen-bond acceptors (Lipinski definition) is 2. The number of carbonyl (C=O) groups is 1. The van der Waals surface area contributed by atoms with Crippen LogP contribution in [-0.4, -0.2) is 29.5 Å². The van der Waals surface area contributed by atoms with Crippen LogP contribution in [0.3, 0.4) is 0 Å². The van der Waals surface area contributed by atoms with Gasteiger partial charge in [0, 0.05) is 25.7 Å². The minimum atomic E-state index is 0.180. The highest BCUT2D eigenvalue weighted by atomic mass is 16.2. The molecule has 62 valence electrons. The van der Waals surface area contributed by atoms with E-state index in [0.29, 0.717) is 6.42 Å². The molecule has 0 radical (unpaired) electrons. The first kappa shape index (κ1) is 8.11. The van der Waals surface area contributed by atoms with Crippen molar-refractivity contribution < 1.29 is 4.79 Å². The fourth-order valence-electron chi connectivity index (χ4n) is 1.27. The lowest BCUT2D eigenvalue weighted by molar-refractivity contribution is -0.147. The Balaban J connectivity index is 2.65. The van der Waals surface area contributed by atoms with Gasteiger partial charge in [-0.1, -0.05) is 6.58 Å². The number of amides is 1. The Morgan fingerprint density at radius 3 is 2.73 bits per heavy atom. The molecule has 3 nitrogen and oxygen atoms in total. The minimum absolute atomic E-state index is 0.180. The summed E-state index contributed by atoms with van der Waals surface area (Å²) in [5.74, 6) is 0.180. The lowest BCUT2D eigenvalue weighted by Gasteiger charge is -2.37. The van der Waals surface area contributed by atoms with Gasteiger partial charge in [-0.3, -0.25) is 14.8 Å². The standard InChI is InChI=1S/C8H14N2O/c1-7(2)10-6-4-5-8(11)9(10)3/h1,4-6H2,2-3H3. The zero-order valence-corrected chi connectivity index (χ0v) is 7.13. The minimum Gasteiger partial charge on any atom is -0.288 e. The first-order valence-electron chi connectivity index (χ1n) is 3.82. The number of rotatable bonds is 1. The summed E-state index contributed by atoms with van der Waals surface area (Å²) < 4.78 is 0. The maximum atomic E-state index is 11.2. The van der Waals surface area contributed by atoms with E-state index in [-0.39, 0.29) is 5.91 Å². The van der Waals surface area contributed by atoms with Crippen LogP contribution in [0.1, 0.15) is 19.8 Å². The summed E-state index contributed by atoms with van der Waals surface area (Å²) in [5, 5.41) is 3.55. The smallest absolute Gasteiger partial charge is 0.240 e. The van der Waals surface area contributed by atoms with E-state index in [4.69, 9.17) is 0 Å². The average Bonchev–Trinajstić information content (AvgIpc) is 1.94. The third kappa shape index (κ3) is 1.53. The highest BCUT2D eigenvalue weighted by Gasteiger charge is 2.21. The quantitative estimate of drug-likeness (QED) is 0.562. The molecule has 1 rings (SSSR count). The monoisotopic (exact) mass is 154 g/mol. The summed E-state index contributed by atoms with van der Waals surface area (Å²) in [6.07, 6.45) is 1.61. The van der Waals surface area contributed by atoms with Crippen LogP contribution in [0.2, 0.25) is 0 Å². The van der Waals surface area contributed by atoms with Crippen LogP contribution in [0.15, 0.2) is 12.3 Å². The summed E-state index contributed by atoms with van der Waals surface area (Å²) >= 11 is 0. The van der Waals surface area contributed by atoms with Crippen LogP contribution in [0.4, 0.5) is 0 Å². The molecular formula is C8H14N2O. The molecule has 1 amide bonds. The van der Waals surface area contributed by atoms with Crippen LogP contribution < -0.4 is 0 Å². The van der Waals surface area contributed by atoms with E-state index in [1.807, 2.05) is 11.9 Å². The van der Waals surface area contributed by atoms with E-state index in [2.05, 4.69) is 6.58 Å². The summed E-state index contributed by atoms with van der Waals surface area (Å²) in [5.41, 5.74) is 0.931. The van der Waals surface area contributed by atoms with Crippen molar-refractivity contribution >= 4 is 5.91 Å². The van der Waals surface area contributed by atoms with Crippen molar-refractivity contribution in [3.05, 3.63) is 12.3 Å². The maximum absolute atomic E-state index is 11.2. The second-order valence-electron chi connectivity index (χ2n) is 2.88. The molecule has 0 aliphatic carbocycles. The van der Waals surface area contributed by atoms with E-state index in [1.54, 1.807) is 12.1 Å². The van der Waals surface area contributed by atoms with E-state index in [1.165, 1.54) is 0 Å². The van der Waals surface area contributed by atoms with Crippen molar-refractivity contribution in [2.45, 2.75) is 19.8 Å². The summed E-state index contributed by atoms with van der Waals surface area (Å²) in [6.45, 7) is 6.62. The Morgan fingerprint density at radius 1 is 1.64 bits per heavy atom. The van der Waals surface area contributed by atoms with Gasteiger partial charge in [0.05, 0.1) is 0 Å². The van der Waals surface area contributed by atoms with Crippen molar-refractivity contribution in [1.29, 1.82) is 0 Å². The third-order valence-corrected chi connectivity index (χ3v) is 1.92. The van der Waals surface area contributed by atoms with Crippen molar-refractivity contribution in [2.75, 3.05) is 13.6 Å². The van der Waals surface area contributed by atoms with Crippen molar-refractivity contribution in [3.63, 3.8) is 0 Å². The Morgan fingerprint density at radius 2 is 2.27 bits per heavy atom. The largest absolute Gasteiger partial charge is 0.288 e. The third-order valence-electron chi connectivity index (χ3n) is 1.92. The molecular weight excluding hydrogens is 140 g/mol. The molecule has 0 atom stereocenters. The number of hydrogen-bond donors (Lipinski definition) is 0. The van der Waals surface area contributed by atoms with Gasteiger partial charge in [0.1, 0.15) is 0 Å². The molecule has 0 spiro atoms. The average molecular weight is 154 g/mol. The zero-order valence-electron chi connectivity index (χ0n) is 7.13. The summed E-state index contributed by atoms with van der Waals surface area (Å²) in [7, 11) is 1.79. The molecule has 0 aromatic heterocycles. The molecule has 1 fully saturated rings. The first-order valence-corrected chi connectivity index (χ1v) is 3.82. The molecule has 0 unspecified atom stereocenters. The Hall–Kier alpha value is -0.990. The second-order valence-corrected chi connectivity index (χ2v) is 2.88. The molecule has 3 heteroatoms. The Bertz CT molecular complexity index is 189. The van der Waals surface area contributed by atoms with Crippen molar-refractivity contribution in [2.24, 2.45) is 0 Å². The molecule has 0 aromatic rings. The number of nitrogens with zero attached hydrogens (tertiary/aromatic N) is 2. The Kier molecular flexibility index (Phi) is 2.17. The van der Waals surface area contributed by atoms with E-state index < -0.39 is 0 Å². The topological polar surface area (TPSA) is 23.6 Å². The van der Waals surface area contributed by atoms with Gasteiger partial charge in [-0.15, -0.1) is 0 Å². The predicted molar refractivity (Wildman–Crippen MR) is 43.5 cm³/mol. The molecule has 11 heavy (non-hydrogen) atoms. The van der Waals surface area contributed by atoms with Crippen LogP contribution in [0.5, 0.6) is 0 Å². The Labute approximate surface area is 67.2 Å². The maximum Gasteiger partial charge on any atom is 0.240 e. The van der Waals surface area contributed by atoms with E-state index in [0.717, 1.165) is 18.7 Å². The molecule has 1 aliphatic heterocycles. The number of carbonyl (C=O) groups excluding carboxylic acids is 1. The van der Waals surface area contributed by atoms with Crippen molar-refractivity contribution in [1.82, 2.24) is 10.0 Å². The van der Waals surface area contributed by atoms with Gasteiger partial charge in [-0.05, 0) is 13.3 Å². The summed E-state index contributed by atoms with van der Waals surface area (Å²) in [4.78, 5) is 11.2. The van der Waals surface area contributed by atoms with Gasteiger partial charge < -0.3 is 0 Å². The molecule has 0 saturated carbocycles. The van der Waals surface area contributed by atoms with Gasteiger partial charge in [0.25, 0.3) is 0 Å². The van der Waals surface area contributed by atoms with Gasteiger partial charge in [-0.2, -0.15) is 0 Å². The molecule has 1 aliphatic rings. The van der Waals surface area contributed by atoms with Gasteiger partial charge in [-0.25, -0.2) is 0 Å². The molecule has 0 N–H and O–H groups in total. The van der Waals surface area contributed by atoms with Crippen LogP contribution >= 0.6 is 0 Å². The van der Waals surface area contributed by atoms with Crippen LogP contribution in [-0.2, 0) is 4.79 Å². The fourth-order valence-corrected chi connectivity index (χ4v) is 1.27. The van der Waals surface area contributed by atoms with E-state index in [9.17, 15) is 4.79 Å². The van der Waals surface area contributed by atoms with Crippen molar-refractivity contribution in [3.8, 4) is 0 Å². The SMILES string of the molecule is C=C(C)N1CCCC(=O)N1C. The lowest BCUT2D eigenvalue weighted by Crippen LogP contribution is -2.46. The van der Waals surface area contributed by atoms with Gasteiger partial charge in [0.15, 0.2) is 0 Å². The predicted octanol–water partition coefficient (Wildman–Crippen LogP) is 0.989. The molecule has 1 heterocycles. The highest BCUT2D eigenvalue weighted by molar-refractivity contribution is 5.76. The second kappa shape index (κ2) is 2.95. The number of allylic oxidation sites excluding steroid dienone is 1. The normalized spacial score (nSPS) is 18.9. The highest BCUT2D eigenvalue weighted by Crippen LogP contribution is 2.13. The zero-order chi connectivity index (χ0) is 8.43. The summed E-state index contributed by atoms with van der Waals surface area (Å²) in [6, 6.07) is 0. The molecule has 0 aromatic carbocycles. The van der Waals surface area contributed by atoms with E-state index >= 15 is 0 Å². The van der Waals surface area contributed by atoms with Crippen LogP contribution in [0.25, 0.3) is 0 Å².